The Morgan fingerprint density at radius 3 is 1.32 bits per heavy atom. The van der Waals surface area contributed by atoms with Crippen molar-refractivity contribution in [3.05, 3.63) is 24.3 Å². The number of unbranched alkanes of at least 4 members (excludes halogenated alkanes) is 16. The molecule has 0 saturated heterocycles. The number of aliphatic hydroxyl groups is 2. The third kappa shape index (κ3) is 35.7. The maximum absolute atomic E-state index is 11.9. The van der Waals surface area contributed by atoms with Crippen molar-refractivity contribution < 1.29 is 30.9 Å². The average Bonchev–Trinajstić information content (AvgIpc) is 2.99. The molecular weight excluding hydrogens is 753 g/mol. The quantitative estimate of drug-likeness (QED) is 0.0397. The Labute approximate surface area is 283 Å². The Morgan fingerprint density at radius 2 is 0.909 bits per heavy atom. The number of carbonyl (C=O) groups excluding carboxylic acids is 2. The number of allylic oxidation sites excluding steroid dienone is 2. The van der Waals surface area contributed by atoms with Crippen molar-refractivity contribution in [2.45, 2.75) is 193 Å². The molecule has 0 aromatic heterocycles. The Balaban J connectivity index is 0. The van der Waals surface area contributed by atoms with E-state index < -0.39 is 24.1 Å². The van der Waals surface area contributed by atoms with Crippen molar-refractivity contribution in [3.8, 4) is 0 Å². The van der Waals surface area contributed by atoms with Crippen molar-refractivity contribution >= 4 is 36.1 Å². The van der Waals surface area contributed by atoms with Gasteiger partial charge in [-0.2, -0.15) is 0 Å². The fourth-order valence-corrected chi connectivity index (χ4v) is 6.41. The van der Waals surface area contributed by atoms with Crippen molar-refractivity contribution in [2.24, 2.45) is 0 Å². The minimum atomic E-state index is -1.96. The summed E-state index contributed by atoms with van der Waals surface area (Å²) in [5, 5.41) is 20.0. The molecule has 0 aromatic rings. The summed E-state index contributed by atoms with van der Waals surface area (Å²) >= 11 is -1.96. The molecule has 0 aliphatic rings. The molecule has 0 aliphatic heterocycles. The molecule has 259 valence electrons. The average molecular weight is 822 g/mol. The molecule has 2 atom stereocenters. The summed E-state index contributed by atoms with van der Waals surface area (Å²) < 4.78 is 10.4. The molecule has 0 aliphatic carbocycles. The smallest absolute Gasteiger partial charge is 0.412 e. The SMILES string of the molecule is CCCCCCC(O)C/C=C/CCCCCCCC(=O)[O][Bi][O]C(=O)CCCCCCC/C=C/CC(O)CCCCCC.O. The van der Waals surface area contributed by atoms with Gasteiger partial charge in [0.05, 0.1) is 12.2 Å². The Morgan fingerprint density at radius 1 is 0.545 bits per heavy atom. The molecule has 1 radical (unpaired) electrons. The van der Waals surface area contributed by atoms with Gasteiger partial charge in [-0.1, -0.05) is 65.2 Å². The monoisotopic (exact) mass is 821 g/mol. The Hall–Kier alpha value is -0.817. The molecule has 4 N–H and O–H groups in total. The van der Waals surface area contributed by atoms with Gasteiger partial charge in [-0.25, -0.2) is 0 Å². The first-order valence-corrected chi connectivity index (χ1v) is 20.6. The minimum Gasteiger partial charge on any atom is -0.412 e. The van der Waals surface area contributed by atoms with Gasteiger partial charge in [-0.3, -0.25) is 0 Å². The van der Waals surface area contributed by atoms with Gasteiger partial charge in [0, 0.05) is 0 Å². The molecule has 0 saturated carbocycles. The Kier molecular flexibility index (Phi) is 37.7. The van der Waals surface area contributed by atoms with Gasteiger partial charge >= 0.3 is 178 Å². The van der Waals surface area contributed by atoms with Crippen molar-refractivity contribution in [1.82, 2.24) is 0 Å². The molecular formula is C36H68BiO7. The normalized spacial score (nSPS) is 12.8. The van der Waals surface area contributed by atoms with Crippen LogP contribution in [0.3, 0.4) is 0 Å². The summed E-state index contributed by atoms with van der Waals surface area (Å²) in [5.41, 5.74) is 0. The summed E-state index contributed by atoms with van der Waals surface area (Å²) in [4.78, 5) is 23.8. The van der Waals surface area contributed by atoms with Crippen LogP contribution in [0, 0.1) is 0 Å². The van der Waals surface area contributed by atoms with Gasteiger partial charge in [-0.05, 0) is 12.8 Å². The number of aliphatic hydroxyl groups excluding tert-OH is 2. The third-order valence-corrected chi connectivity index (χ3v) is 9.88. The second-order valence-electron chi connectivity index (χ2n) is 12.0. The zero-order valence-corrected chi connectivity index (χ0v) is 31.8. The van der Waals surface area contributed by atoms with E-state index in [1.165, 1.54) is 38.5 Å². The molecule has 0 amide bonds. The van der Waals surface area contributed by atoms with E-state index >= 15 is 0 Å². The molecule has 7 nitrogen and oxygen atoms in total. The van der Waals surface area contributed by atoms with Crippen molar-refractivity contribution in [2.75, 3.05) is 0 Å². The topological polar surface area (TPSA) is 125 Å². The van der Waals surface area contributed by atoms with Crippen LogP contribution < -0.4 is 0 Å². The van der Waals surface area contributed by atoms with Gasteiger partial charge < -0.3 is 15.7 Å². The van der Waals surface area contributed by atoms with Crippen LogP contribution in [0.5, 0.6) is 0 Å². The van der Waals surface area contributed by atoms with Crippen LogP contribution in [0.4, 0.5) is 0 Å². The zero-order chi connectivity index (χ0) is 31.6. The molecule has 0 spiro atoms. The van der Waals surface area contributed by atoms with Crippen molar-refractivity contribution in [1.29, 1.82) is 0 Å². The van der Waals surface area contributed by atoms with E-state index in [4.69, 9.17) is 5.63 Å². The molecule has 44 heavy (non-hydrogen) atoms. The summed E-state index contributed by atoms with van der Waals surface area (Å²) in [6.07, 6.45) is 34.6. The van der Waals surface area contributed by atoms with E-state index in [0.717, 1.165) is 116 Å². The van der Waals surface area contributed by atoms with E-state index in [9.17, 15) is 19.8 Å². The molecule has 0 heterocycles. The van der Waals surface area contributed by atoms with E-state index in [1.54, 1.807) is 0 Å². The van der Waals surface area contributed by atoms with E-state index in [0.29, 0.717) is 12.8 Å². The van der Waals surface area contributed by atoms with Gasteiger partial charge in [0.1, 0.15) is 0 Å². The van der Waals surface area contributed by atoms with Gasteiger partial charge in [0.25, 0.3) is 0 Å². The molecule has 0 aromatic carbocycles. The van der Waals surface area contributed by atoms with Crippen LogP contribution >= 0.6 is 0 Å². The van der Waals surface area contributed by atoms with E-state index in [2.05, 4.69) is 38.2 Å². The van der Waals surface area contributed by atoms with Crippen LogP contribution in [0.25, 0.3) is 0 Å². The van der Waals surface area contributed by atoms with Crippen molar-refractivity contribution in [3.63, 3.8) is 0 Å². The predicted molar refractivity (Wildman–Crippen MR) is 183 cm³/mol. The summed E-state index contributed by atoms with van der Waals surface area (Å²) in [7, 11) is 0. The van der Waals surface area contributed by atoms with Gasteiger partial charge in [-0.15, -0.1) is 0 Å². The molecule has 2 unspecified atom stereocenters. The summed E-state index contributed by atoms with van der Waals surface area (Å²) in [6.45, 7) is 4.40. The standard InChI is InChI=1S/2C18H34O3.Bi.H2O/c2*1-2-3-4-11-14-17(19)15-12-9-7-5-6-8-10-13-16-18(20)21;;/h2*9,12,17,19H,2-8,10-11,13-16H2,1H3,(H,20,21);;1H2/q;;+2;/p-2/b2*12-9+;;. The Bertz CT molecular complexity index is 627. The van der Waals surface area contributed by atoms with Crippen LogP contribution in [-0.2, 0) is 15.2 Å². The predicted octanol–water partition coefficient (Wildman–Crippen LogP) is 8.80. The number of carbonyl (C=O) groups is 2. The first-order chi connectivity index (χ1) is 21.0. The summed E-state index contributed by atoms with van der Waals surface area (Å²) in [5.74, 6) is -0.452. The molecule has 0 bridgehead atoms. The fourth-order valence-electron chi connectivity index (χ4n) is 4.91. The molecule has 0 fully saturated rings. The van der Waals surface area contributed by atoms with Gasteiger partial charge in [0.15, 0.2) is 0 Å². The zero-order valence-electron chi connectivity index (χ0n) is 28.3. The third-order valence-electron chi connectivity index (χ3n) is 7.71. The summed E-state index contributed by atoms with van der Waals surface area (Å²) in [6, 6.07) is 0. The first kappa shape index (κ1) is 45.3. The maximum atomic E-state index is 11.9. The molecule has 0 rings (SSSR count). The van der Waals surface area contributed by atoms with Gasteiger partial charge in [0.2, 0.25) is 0 Å². The van der Waals surface area contributed by atoms with Crippen LogP contribution in [0.2, 0.25) is 0 Å². The number of hydrogen-bond donors (Lipinski definition) is 2. The number of hydrogen-bond acceptors (Lipinski definition) is 6. The van der Waals surface area contributed by atoms with Crippen LogP contribution in [-0.4, -0.2) is 64.0 Å². The molecule has 8 heteroatoms. The first-order valence-electron chi connectivity index (χ1n) is 17.8. The van der Waals surface area contributed by atoms with Crippen LogP contribution in [0.15, 0.2) is 24.3 Å². The second kappa shape index (κ2) is 36.6. The van der Waals surface area contributed by atoms with E-state index in [-0.39, 0.29) is 29.6 Å². The number of rotatable bonds is 32. The van der Waals surface area contributed by atoms with E-state index in [1.807, 2.05) is 0 Å². The second-order valence-corrected chi connectivity index (χ2v) is 14.0. The van der Waals surface area contributed by atoms with Crippen LogP contribution in [0.1, 0.15) is 181 Å². The minimum absolute atomic E-state index is 0. The fraction of sp³-hybridized carbons (Fsp3) is 0.833.